The number of aliphatic hydroxyl groups excluding tert-OH is 1. The lowest BCUT2D eigenvalue weighted by molar-refractivity contribution is 0.238. The van der Waals surface area contributed by atoms with Gasteiger partial charge < -0.3 is 10.0 Å². The number of aromatic nitrogens is 1. The zero-order valence-corrected chi connectivity index (χ0v) is 13.4. The molecule has 0 radical (unpaired) electrons. The Morgan fingerprint density at radius 2 is 2.00 bits per heavy atom. The second-order valence-electron chi connectivity index (χ2n) is 6.27. The molecule has 1 aliphatic rings. The van der Waals surface area contributed by atoms with Crippen LogP contribution in [0.3, 0.4) is 0 Å². The summed E-state index contributed by atoms with van der Waals surface area (Å²) in [5, 5.41) is 10.6. The standard InChI is InChI=1S/C15H26N2OS/c1-5-15(4)6-8-17(9-7-15)14-16-13(11(2)3)12(10-18)19-14/h11,18H,5-10H2,1-4H3. The molecule has 1 aromatic heterocycles. The van der Waals surface area contributed by atoms with Gasteiger partial charge in [-0.25, -0.2) is 4.98 Å². The Bertz CT molecular complexity index is 420. The fraction of sp³-hybridized carbons (Fsp3) is 0.800. The molecule has 108 valence electrons. The summed E-state index contributed by atoms with van der Waals surface area (Å²) in [6.07, 6.45) is 3.75. The normalized spacial score (nSPS) is 19.2. The van der Waals surface area contributed by atoms with Crippen LogP contribution in [0.5, 0.6) is 0 Å². The van der Waals surface area contributed by atoms with Crippen molar-refractivity contribution in [1.29, 1.82) is 0 Å². The minimum absolute atomic E-state index is 0.117. The molecule has 1 aromatic rings. The zero-order valence-electron chi connectivity index (χ0n) is 12.6. The van der Waals surface area contributed by atoms with E-state index >= 15 is 0 Å². The van der Waals surface area contributed by atoms with Gasteiger partial charge in [-0.3, -0.25) is 0 Å². The number of rotatable bonds is 4. The van der Waals surface area contributed by atoms with E-state index in [2.05, 4.69) is 32.6 Å². The van der Waals surface area contributed by atoms with Gasteiger partial charge in [0.1, 0.15) is 0 Å². The molecule has 0 aliphatic carbocycles. The molecule has 0 saturated carbocycles. The van der Waals surface area contributed by atoms with Crippen LogP contribution in [0.25, 0.3) is 0 Å². The maximum absolute atomic E-state index is 9.45. The molecule has 1 aliphatic heterocycles. The summed E-state index contributed by atoms with van der Waals surface area (Å²) in [6, 6.07) is 0. The number of piperidine rings is 1. The molecule has 0 spiro atoms. The van der Waals surface area contributed by atoms with Crippen molar-refractivity contribution in [3.05, 3.63) is 10.6 Å². The Hall–Kier alpha value is -0.610. The van der Waals surface area contributed by atoms with E-state index in [0.717, 1.165) is 28.8 Å². The Kier molecular flexibility index (Phi) is 4.51. The molecule has 1 saturated heterocycles. The fourth-order valence-electron chi connectivity index (χ4n) is 2.64. The van der Waals surface area contributed by atoms with E-state index in [0.29, 0.717) is 11.3 Å². The van der Waals surface area contributed by atoms with Crippen molar-refractivity contribution < 1.29 is 5.11 Å². The van der Waals surface area contributed by atoms with Crippen LogP contribution in [0.1, 0.15) is 63.4 Å². The first-order valence-corrected chi connectivity index (χ1v) is 8.16. The highest BCUT2D eigenvalue weighted by Gasteiger charge is 2.30. The maximum Gasteiger partial charge on any atom is 0.185 e. The van der Waals surface area contributed by atoms with Crippen LogP contribution in [0, 0.1) is 5.41 Å². The van der Waals surface area contributed by atoms with Crippen molar-refractivity contribution in [3.8, 4) is 0 Å². The number of anilines is 1. The van der Waals surface area contributed by atoms with E-state index in [1.165, 1.54) is 19.3 Å². The lowest BCUT2D eigenvalue weighted by Gasteiger charge is -2.38. The number of thiazole rings is 1. The monoisotopic (exact) mass is 282 g/mol. The summed E-state index contributed by atoms with van der Waals surface area (Å²) in [5.74, 6) is 0.387. The number of aliphatic hydroxyl groups is 1. The Morgan fingerprint density at radius 3 is 2.42 bits per heavy atom. The minimum Gasteiger partial charge on any atom is -0.391 e. The lowest BCUT2D eigenvalue weighted by Crippen LogP contribution is -2.38. The largest absolute Gasteiger partial charge is 0.391 e. The number of nitrogens with zero attached hydrogens (tertiary/aromatic N) is 2. The zero-order chi connectivity index (χ0) is 14.0. The SMILES string of the molecule is CCC1(C)CCN(c2nc(C(C)C)c(CO)s2)CC1. The van der Waals surface area contributed by atoms with Crippen molar-refractivity contribution in [3.63, 3.8) is 0 Å². The van der Waals surface area contributed by atoms with E-state index in [-0.39, 0.29) is 6.61 Å². The van der Waals surface area contributed by atoms with Gasteiger partial charge in [0.05, 0.1) is 17.2 Å². The van der Waals surface area contributed by atoms with Crippen LogP contribution in [-0.2, 0) is 6.61 Å². The smallest absolute Gasteiger partial charge is 0.185 e. The second kappa shape index (κ2) is 5.80. The maximum atomic E-state index is 9.45. The van der Waals surface area contributed by atoms with Gasteiger partial charge in [0.2, 0.25) is 0 Å². The molecule has 0 amide bonds. The molecule has 0 atom stereocenters. The molecule has 2 rings (SSSR count). The number of hydrogen-bond donors (Lipinski definition) is 1. The Morgan fingerprint density at radius 1 is 1.37 bits per heavy atom. The topological polar surface area (TPSA) is 36.4 Å². The van der Waals surface area contributed by atoms with Crippen LogP contribution in [0.15, 0.2) is 0 Å². The van der Waals surface area contributed by atoms with Crippen molar-refractivity contribution in [1.82, 2.24) is 4.98 Å². The van der Waals surface area contributed by atoms with Crippen LogP contribution in [-0.4, -0.2) is 23.2 Å². The van der Waals surface area contributed by atoms with Crippen LogP contribution in [0.2, 0.25) is 0 Å². The van der Waals surface area contributed by atoms with Crippen LogP contribution < -0.4 is 4.90 Å². The summed E-state index contributed by atoms with van der Waals surface area (Å²) in [5.41, 5.74) is 1.58. The molecule has 4 heteroatoms. The van der Waals surface area contributed by atoms with E-state index in [4.69, 9.17) is 4.98 Å². The molecule has 1 fully saturated rings. The quantitative estimate of drug-likeness (QED) is 0.913. The summed E-state index contributed by atoms with van der Waals surface area (Å²) in [7, 11) is 0. The molecule has 1 N–H and O–H groups in total. The highest BCUT2D eigenvalue weighted by molar-refractivity contribution is 7.15. The first kappa shape index (κ1) is 14.8. The fourth-order valence-corrected chi connectivity index (χ4v) is 3.77. The Balaban J connectivity index is 2.11. The predicted molar refractivity (Wildman–Crippen MR) is 82.0 cm³/mol. The van der Waals surface area contributed by atoms with Gasteiger partial charge >= 0.3 is 0 Å². The van der Waals surface area contributed by atoms with Gasteiger partial charge in [0.15, 0.2) is 5.13 Å². The van der Waals surface area contributed by atoms with Crippen LogP contribution >= 0.6 is 11.3 Å². The molecular formula is C15H26N2OS. The van der Waals surface area contributed by atoms with E-state index in [1.807, 2.05) is 0 Å². The molecule has 3 nitrogen and oxygen atoms in total. The van der Waals surface area contributed by atoms with Gasteiger partial charge in [-0.05, 0) is 24.2 Å². The summed E-state index contributed by atoms with van der Waals surface area (Å²) >= 11 is 1.67. The van der Waals surface area contributed by atoms with Gasteiger partial charge in [0, 0.05) is 13.1 Å². The van der Waals surface area contributed by atoms with Crippen LogP contribution in [0.4, 0.5) is 5.13 Å². The molecule has 19 heavy (non-hydrogen) atoms. The molecule has 0 bridgehead atoms. The number of hydrogen-bond acceptors (Lipinski definition) is 4. The van der Waals surface area contributed by atoms with E-state index < -0.39 is 0 Å². The molecule has 2 heterocycles. The molecule has 0 unspecified atom stereocenters. The summed E-state index contributed by atoms with van der Waals surface area (Å²) < 4.78 is 0. The summed E-state index contributed by atoms with van der Waals surface area (Å²) in [6.45, 7) is 11.3. The van der Waals surface area contributed by atoms with Crippen molar-refractivity contribution >= 4 is 16.5 Å². The van der Waals surface area contributed by atoms with E-state index in [1.54, 1.807) is 11.3 Å². The van der Waals surface area contributed by atoms with Gasteiger partial charge in [-0.1, -0.05) is 45.5 Å². The first-order valence-electron chi connectivity index (χ1n) is 7.34. The van der Waals surface area contributed by atoms with Gasteiger partial charge in [-0.15, -0.1) is 0 Å². The molecular weight excluding hydrogens is 256 g/mol. The molecule has 0 aromatic carbocycles. The second-order valence-corrected chi connectivity index (χ2v) is 7.33. The van der Waals surface area contributed by atoms with Gasteiger partial charge in [-0.2, -0.15) is 0 Å². The first-order chi connectivity index (χ1) is 8.99. The predicted octanol–water partition coefficient (Wildman–Crippen LogP) is 3.78. The van der Waals surface area contributed by atoms with Crippen molar-refractivity contribution in [2.75, 3.05) is 18.0 Å². The highest BCUT2D eigenvalue weighted by Crippen LogP contribution is 2.38. The third kappa shape index (κ3) is 3.11. The minimum atomic E-state index is 0.117. The van der Waals surface area contributed by atoms with Gasteiger partial charge in [0.25, 0.3) is 0 Å². The van der Waals surface area contributed by atoms with E-state index in [9.17, 15) is 5.11 Å². The third-order valence-corrected chi connectivity index (χ3v) is 5.62. The lowest BCUT2D eigenvalue weighted by atomic mass is 9.78. The average Bonchev–Trinajstić information content (AvgIpc) is 2.84. The van der Waals surface area contributed by atoms with Crippen molar-refractivity contribution in [2.45, 2.75) is 59.5 Å². The Labute approximate surface area is 120 Å². The third-order valence-electron chi connectivity index (χ3n) is 4.50. The summed E-state index contributed by atoms with van der Waals surface area (Å²) in [4.78, 5) is 8.19. The average molecular weight is 282 g/mol. The highest BCUT2D eigenvalue weighted by atomic mass is 32.1. The van der Waals surface area contributed by atoms with Crippen molar-refractivity contribution in [2.24, 2.45) is 5.41 Å².